The van der Waals surface area contributed by atoms with Crippen LogP contribution in [0.25, 0.3) is 17.0 Å². The van der Waals surface area contributed by atoms with Crippen molar-refractivity contribution < 1.29 is 0 Å². The van der Waals surface area contributed by atoms with Crippen LogP contribution < -0.4 is 0 Å². The van der Waals surface area contributed by atoms with E-state index in [0.717, 1.165) is 11.3 Å². The minimum absolute atomic E-state index is 0.509. The molecule has 0 atom stereocenters. The molecule has 1 aromatic carbocycles. The van der Waals surface area contributed by atoms with Crippen LogP contribution in [0.5, 0.6) is 0 Å². The topological polar surface area (TPSA) is 56.0 Å². The lowest BCUT2D eigenvalue weighted by Crippen LogP contribution is -1.95. The Labute approximate surface area is 85.4 Å². The van der Waals surface area contributed by atoms with Crippen LogP contribution in [0.2, 0.25) is 0 Å². The lowest BCUT2D eigenvalue weighted by Gasteiger charge is -1.98. The van der Waals surface area contributed by atoms with Crippen LogP contribution >= 0.6 is 0 Å². The molecule has 3 rings (SSSR count). The van der Waals surface area contributed by atoms with E-state index in [1.165, 1.54) is 6.33 Å². The molecule has 0 fully saturated rings. The molecule has 0 radical (unpaired) electrons. The lowest BCUT2D eigenvalue weighted by atomic mass is 10.2. The second-order valence-electron chi connectivity index (χ2n) is 3.08. The lowest BCUT2D eigenvalue weighted by molar-refractivity contribution is 0.891. The zero-order chi connectivity index (χ0) is 10.1. The quantitative estimate of drug-likeness (QED) is 0.588. The Hall–Kier alpha value is -2.30. The van der Waals surface area contributed by atoms with Crippen molar-refractivity contribution in [1.29, 1.82) is 0 Å². The molecule has 15 heavy (non-hydrogen) atoms. The molecular formula is C10H7N5. The highest BCUT2D eigenvalue weighted by Crippen LogP contribution is 2.14. The SMILES string of the molecule is c1ccc(-c2cn3ncnc3nn2)cc1. The summed E-state index contributed by atoms with van der Waals surface area (Å²) in [5.41, 5.74) is 1.80. The minimum atomic E-state index is 0.509. The fourth-order valence-electron chi connectivity index (χ4n) is 1.39. The van der Waals surface area contributed by atoms with Gasteiger partial charge in [-0.1, -0.05) is 30.3 Å². The van der Waals surface area contributed by atoms with Crippen molar-refractivity contribution in [3.8, 4) is 11.3 Å². The molecule has 0 aliphatic heterocycles. The van der Waals surface area contributed by atoms with Gasteiger partial charge in [-0.05, 0) is 0 Å². The summed E-state index contributed by atoms with van der Waals surface area (Å²) in [5, 5.41) is 12.0. The molecule has 0 saturated heterocycles. The normalized spacial score (nSPS) is 10.7. The monoisotopic (exact) mass is 197 g/mol. The Morgan fingerprint density at radius 1 is 1.00 bits per heavy atom. The van der Waals surface area contributed by atoms with Crippen LogP contribution in [0.3, 0.4) is 0 Å². The van der Waals surface area contributed by atoms with E-state index in [-0.39, 0.29) is 0 Å². The molecule has 0 aliphatic rings. The zero-order valence-electron chi connectivity index (χ0n) is 7.78. The van der Waals surface area contributed by atoms with Crippen molar-refractivity contribution in [2.75, 3.05) is 0 Å². The van der Waals surface area contributed by atoms with Gasteiger partial charge < -0.3 is 0 Å². The second kappa shape index (κ2) is 3.13. The Morgan fingerprint density at radius 3 is 2.73 bits per heavy atom. The molecule has 0 N–H and O–H groups in total. The third-order valence-electron chi connectivity index (χ3n) is 2.12. The molecule has 5 nitrogen and oxygen atoms in total. The van der Waals surface area contributed by atoms with Gasteiger partial charge in [0.2, 0.25) is 0 Å². The third-order valence-corrected chi connectivity index (χ3v) is 2.12. The Morgan fingerprint density at radius 2 is 1.87 bits per heavy atom. The fourth-order valence-corrected chi connectivity index (χ4v) is 1.39. The van der Waals surface area contributed by atoms with E-state index in [9.17, 15) is 0 Å². The number of hydrogen-bond acceptors (Lipinski definition) is 4. The predicted molar refractivity (Wildman–Crippen MR) is 54.0 cm³/mol. The summed E-state index contributed by atoms with van der Waals surface area (Å²) in [6.07, 6.45) is 3.27. The Kier molecular flexibility index (Phi) is 1.68. The molecule has 2 aromatic heterocycles. The summed E-state index contributed by atoms with van der Waals surface area (Å²) in [4.78, 5) is 3.93. The van der Waals surface area contributed by atoms with Crippen molar-refractivity contribution in [1.82, 2.24) is 24.8 Å². The third kappa shape index (κ3) is 1.34. The average molecular weight is 197 g/mol. The summed E-state index contributed by atoms with van der Waals surface area (Å²) in [6.45, 7) is 0. The summed E-state index contributed by atoms with van der Waals surface area (Å²) in [6, 6.07) is 9.84. The maximum absolute atomic E-state index is 4.08. The largest absolute Gasteiger partial charge is 0.271 e. The Bertz CT molecular complexity index is 587. The van der Waals surface area contributed by atoms with Gasteiger partial charge in [0.25, 0.3) is 5.78 Å². The first-order valence-electron chi connectivity index (χ1n) is 4.52. The maximum atomic E-state index is 4.08. The van der Waals surface area contributed by atoms with E-state index >= 15 is 0 Å². The van der Waals surface area contributed by atoms with Gasteiger partial charge in [0.05, 0.1) is 6.20 Å². The van der Waals surface area contributed by atoms with E-state index in [0.29, 0.717) is 5.78 Å². The predicted octanol–water partition coefficient (Wildman–Crippen LogP) is 1.19. The summed E-state index contributed by atoms with van der Waals surface area (Å²) < 4.78 is 1.61. The summed E-state index contributed by atoms with van der Waals surface area (Å²) in [5.74, 6) is 0.509. The van der Waals surface area contributed by atoms with E-state index in [4.69, 9.17) is 0 Å². The van der Waals surface area contributed by atoms with Crippen LogP contribution in [0.1, 0.15) is 0 Å². The molecule has 2 heterocycles. The summed E-state index contributed by atoms with van der Waals surface area (Å²) in [7, 11) is 0. The van der Waals surface area contributed by atoms with Crippen LogP contribution in [-0.4, -0.2) is 24.8 Å². The van der Waals surface area contributed by atoms with Crippen molar-refractivity contribution in [2.45, 2.75) is 0 Å². The number of aromatic nitrogens is 5. The molecule has 0 unspecified atom stereocenters. The highest BCUT2D eigenvalue weighted by atomic mass is 15.4. The second-order valence-corrected chi connectivity index (χ2v) is 3.08. The standard InChI is InChI=1S/C10H7N5/c1-2-4-8(5-3-1)9-6-15-10(14-13-9)11-7-12-15/h1-7H. The van der Waals surface area contributed by atoms with Gasteiger partial charge in [0, 0.05) is 5.56 Å². The first-order valence-corrected chi connectivity index (χ1v) is 4.52. The van der Waals surface area contributed by atoms with E-state index < -0.39 is 0 Å². The van der Waals surface area contributed by atoms with Crippen molar-refractivity contribution in [3.63, 3.8) is 0 Å². The number of hydrogen-bond donors (Lipinski definition) is 0. The van der Waals surface area contributed by atoms with Gasteiger partial charge in [-0.3, -0.25) is 0 Å². The molecule has 0 aliphatic carbocycles. The van der Waals surface area contributed by atoms with Gasteiger partial charge >= 0.3 is 0 Å². The minimum Gasteiger partial charge on any atom is -0.201 e. The maximum Gasteiger partial charge on any atom is 0.271 e. The summed E-state index contributed by atoms with van der Waals surface area (Å²) >= 11 is 0. The average Bonchev–Trinajstić information content (AvgIpc) is 2.77. The highest BCUT2D eigenvalue weighted by molar-refractivity contribution is 5.57. The van der Waals surface area contributed by atoms with Crippen LogP contribution in [0.4, 0.5) is 0 Å². The van der Waals surface area contributed by atoms with E-state index in [1.807, 2.05) is 36.5 Å². The molecule has 5 heteroatoms. The van der Waals surface area contributed by atoms with E-state index in [2.05, 4.69) is 20.3 Å². The number of rotatable bonds is 1. The van der Waals surface area contributed by atoms with Crippen molar-refractivity contribution >= 4 is 5.78 Å². The molecule has 0 spiro atoms. The van der Waals surface area contributed by atoms with Crippen LogP contribution in [0, 0.1) is 0 Å². The Balaban J connectivity index is 2.19. The zero-order valence-corrected chi connectivity index (χ0v) is 7.78. The van der Waals surface area contributed by atoms with E-state index in [1.54, 1.807) is 4.52 Å². The number of fused-ring (bicyclic) bond motifs is 1. The van der Waals surface area contributed by atoms with Gasteiger partial charge in [-0.15, -0.1) is 10.2 Å². The number of benzene rings is 1. The van der Waals surface area contributed by atoms with Gasteiger partial charge in [0.15, 0.2) is 0 Å². The molecule has 72 valence electrons. The van der Waals surface area contributed by atoms with Crippen LogP contribution in [0.15, 0.2) is 42.9 Å². The molecule has 0 saturated carbocycles. The molecule has 0 amide bonds. The highest BCUT2D eigenvalue weighted by Gasteiger charge is 2.02. The van der Waals surface area contributed by atoms with Gasteiger partial charge in [0.1, 0.15) is 12.0 Å². The van der Waals surface area contributed by atoms with Gasteiger partial charge in [-0.2, -0.15) is 10.1 Å². The first-order chi connectivity index (χ1) is 7.43. The first kappa shape index (κ1) is 8.05. The molecular weight excluding hydrogens is 190 g/mol. The van der Waals surface area contributed by atoms with Crippen molar-refractivity contribution in [2.24, 2.45) is 0 Å². The smallest absolute Gasteiger partial charge is 0.201 e. The van der Waals surface area contributed by atoms with Crippen LogP contribution in [-0.2, 0) is 0 Å². The fraction of sp³-hybridized carbons (Fsp3) is 0. The molecule has 3 aromatic rings. The molecule has 0 bridgehead atoms. The van der Waals surface area contributed by atoms with Crippen molar-refractivity contribution in [3.05, 3.63) is 42.9 Å². The number of nitrogens with zero attached hydrogens (tertiary/aromatic N) is 5. The van der Waals surface area contributed by atoms with Gasteiger partial charge in [-0.25, -0.2) is 4.52 Å².